The Morgan fingerprint density at radius 1 is 0.875 bits per heavy atom. The second-order valence-corrected chi connectivity index (χ2v) is 17.9. The number of amides is 6. The summed E-state index contributed by atoms with van der Waals surface area (Å²) in [4.78, 5) is 97.1. The normalized spacial score (nSPS) is 32.6. The molecule has 0 spiro atoms. The van der Waals surface area contributed by atoms with E-state index in [4.69, 9.17) is 11.5 Å². The number of rotatable bonds is 9. The predicted octanol–water partition coefficient (Wildman–Crippen LogP) is -7.97. The van der Waals surface area contributed by atoms with Crippen molar-refractivity contribution >= 4 is 51.3 Å². The van der Waals surface area contributed by atoms with Gasteiger partial charge in [-0.1, -0.05) is 13.0 Å². The number of Topliss-reactive ketones (excluding diaryl/α,β-unsaturated/α-hetero) is 1. The molecule has 0 aliphatic carbocycles. The summed E-state index contributed by atoms with van der Waals surface area (Å²) < 4.78 is 32.6. The van der Waals surface area contributed by atoms with Gasteiger partial charge in [-0.25, -0.2) is 0 Å². The van der Waals surface area contributed by atoms with Crippen LogP contribution in [0.2, 0.25) is 0 Å². The summed E-state index contributed by atoms with van der Waals surface area (Å²) in [6.07, 6.45) is -19.7. The minimum Gasteiger partial charge on any atom is -0.508 e. The number of primary amides is 1. The zero-order valence-electron chi connectivity index (χ0n) is 34.4. The van der Waals surface area contributed by atoms with Crippen LogP contribution in [0.3, 0.4) is 0 Å². The number of hydrogen-bond acceptors (Lipinski definition) is 19. The van der Waals surface area contributed by atoms with Gasteiger partial charge in [0.15, 0.2) is 12.0 Å². The van der Waals surface area contributed by atoms with E-state index >= 15 is 0 Å². The molecule has 3 fully saturated rings. The second kappa shape index (κ2) is 20.9. The summed E-state index contributed by atoms with van der Waals surface area (Å²) in [5, 5.41) is 104. The average Bonchev–Trinajstić information content (AvgIpc) is 3.74. The standard InChI is InChI=1S/C37H55N7O19S/c1-13-10-44-28(29(13)52)35(58)42-34(57)24(50)8-19(38)33(56)40-26(14(2)45)36(59)43-11-17(46)6-20(43)22(48)7-18(32(55)41-27(37(44)60)23(49)9-25(39)51)31(54)30(53)15-3-4-21(47)16(5-15)12-64(61,62)63/h3-5,13-14,17-20,23-24,26-31,34,45-47,49-50,52-54,57H,6-12,38H2,1-2H3,(H2,39,51)(H,40,56)(H,41,55)(H,42,58)(H,61,62,63)/t13?,14?,17?,18-,19+,20-,23?,24+,26-,27-,28-,29?,30?,31?,34?/m0/s1. The summed E-state index contributed by atoms with van der Waals surface area (Å²) in [6, 6.07) is -6.89. The molecule has 15 atom stereocenters. The van der Waals surface area contributed by atoms with E-state index in [-0.39, 0.29) is 0 Å². The van der Waals surface area contributed by atoms with Crippen LogP contribution in [0.1, 0.15) is 56.8 Å². The Morgan fingerprint density at radius 2 is 1.48 bits per heavy atom. The van der Waals surface area contributed by atoms with Crippen molar-refractivity contribution in [2.24, 2.45) is 23.3 Å². The van der Waals surface area contributed by atoms with E-state index in [9.17, 15) is 92.5 Å². The maximum absolute atomic E-state index is 14.4. The molecule has 1 aromatic carbocycles. The number of phenols is 1. The van der Waals surface area contributed by atoms with Crippen molar-refractivity contribution in [1.82, 2.24) is 25.8 Å². The highest BCUT2D eigenvalue weighted by molar-refractivity contribution is 7.85. The van der Waals surface area contributed by atoms with Crippen LogP contribution in [0.15, 0.2) is 18.2 Å². The highest BCUT2D eigenvalue weighted by Crippen LogP contribution is 2.32. The molecule has 27 heteroatoms. The Morgan fingerprint density at radius 3 is 2.08 bits per heavy atom. The third-order valence-corrected chi connectivity index (χ3v) is 12.1. The van der Waals surface area contributed by atoms with Crippen LogP contribution in [-0.4, -0.2) is 196 Å². The van der Waals surface area contributed by atoms with Gasteiger partial charge in [0.25, 0.3) is 10.1 Å². The lowest BCUT2D eigenvalue weighted by molar-refractivity contribution is -0.150. The molecule has 26 nitrogen and oxygen atoms in total. The Kier molecular flexibility index (Phi) is 16.9. The summed E-state index contributed by atoms with van der Waals surface area (Å²) in [5.74, 6) is -14.0. The first kappa shape index (κ1) is 51.7. The van der Waals surface area contributed by atoms with Gasteiger partial charge in [0, 0.05) is 43.8 Å². The van der Waals surface area contributed by atoms with E-state index in [1.54, 1.807) is 0 Å². The first-order valence-corrected chi connectivity index (χ1v) is 21.5. The SMILES string of the molecule is CC1CN2C(=O)[C@H](C(O)CC(N)=O)NC(=O)[C@H](C(O)C(O)c3ccc(O)c(CS(=O)(=O)O)c3)CC(=O)[C@@H]3CC(O)CN3C(=O)[C@H](C(C)O)NC(=O)[C@H](N)C[C@@H](O)C(O)NC(=O)[C@@H]2C1O. The number of aromatic hydroxyl groups is 1. The maximum atomic E-state index is 14.4. The summed E-state index contributed by atoms with van der Waals surface area (Å²) in [7, 11) is -4.79. The molecule has 6 amide bonds. The van der Waals surface area contributed by atoms with Crippen molar-refractivity contribution in [3.8, 4) is 5.75 Å². The van der Waals surface area contributed by atoms with Crippen LogP contribution in [0.25, 0.3) is 0 Å². The molecule has 3 saturated heterocycles. The van der Waals surface area contributed by atoms with Gasteiger partial charge >= 0.3 is 0 Å². The number of carbonyl (C=O) groups is 7. The highest BCUT2D eigenvalue weighted by atomic mass is 32.2. The molecule has 4 rings (SSSR count). The number of fused-ring (bicyclic) bond motifs is 2. The van der Waals surface area contributed by atoms with Crippen molar-refractivity contribution in [3.05, 3.63) is 29.3 Å². The number of nitrogens with two attached hydrogens (primary N) is 2. The van der Waals surface area contributed by atoms with Gasteiger partial charge in [-0.15, -0.1) is 0 Å². The van der Waals surface area contributed by atoms with Gasteiger partial charge in [-0.05, 0) is 24.6 Å². The van der Waals surface area contributed by atoms with Crippen molar-refractivity contribution in [1.29, 1.82) is 0 Å². The third-order valence-electron chi connectivity index (χ3n) is 11.4. The van der Waals surface area contributed by atoms with Crippen LogP contribution < -0.4 is 27.4 Å². The average molecular weight is 934 g/mol. The Bertz CT molecular complexity index is 2060. The van der Waals surface area contributed by atoms with Crippen molar-refractivity contribution in [2.75, 3.05) is 13.1 Å². The number of hydrogen-bond donors (Lipinski definition) is 15. The molecule has 3 heterocycles. The third kappa shape index (κ3) is 12.2. The number of nitrogens with one attached hydrogen (secondary N) is 3. The lowest BCUT2D eigenvalue weighted by Crippen LogP contribution is -2.61. The maximum Gasteiger partial charge on any atom is 0.269 e. The largest absolute Gasteiger partial charge is 0.508 e. The van der Waals surface area contributed by atoms with Crippen LogP contribution in [0.5, 0.6) is 5.75 Å². The fourth-order valence-electron chi connectivity index (χ4n) is 7.89. The lowest BCUT2D eigenvalue weighted by Gasteiger charge is -2.34. The molecular weight excluding hydrogens is 879 g/mol. The van der Waals surface area contributed by atoms with E-state index in [0.29, 0.717) is 4.90 Å². The molecule has 1 aromatic rings. The van der Waals surface area contributed by atoms with Crippen molar-refractivity contribution < 1.29 is 92.5 Å². The second-order valence-electron chi connectivity index (χ2n) is 16.4. The quantitative estimate of drug-likeness (QED) is 0.102. The molecule has 0 aromatic heterocycles. The van der Waals surface area contributed by atoms with Crippen LogP contribution >= 0.6 is 0 Å². The number of nitrogens with zero attached hydrogens (tertiary/aromatic N) is 2. The van der Waals surface area contributed by atoms with Crippen LogP contribution in [-0.2, 0) is 49.4 Å². The summed E-state index contributed by atoms with van der Waals surface area (Å²) in [5.41, 5.74) is 10.3. The molecule has 17 N–H and O–H groups in total. The summed E-state index contributed by atoms with van der Waals surface area (Å²) in [6.45, 7) is 1.39. The molecule has 8 unspecified atom stereocenters. The molecule has 0 saturated carbocycles. The molecule has 3 aliphatic heterocycles. The molecular formula is C37H55N7O19S. The van der Waals surface area contributed by atoms with E-state index < -0.39 is 204 Å². The smallest absolute Gasteiger partial charge is 0.269 e. The van der Waals surface area contributed by atoms with Gasteiger partial charge in [0.2, 0.25) is 35.4 Å². The zero-order valence-corrected chi connectivity index (χ0v) is 35.3. The van der Waals surface area contributed by atoms with Gasteiger partial charge in [0.1, 0.15) is 41.8 Å². The topological polar surface area (TPSA) is 451 Å². The van der Waals surface area contributed by atoms with Gasteiger partial charge < -0.3 is 83.2 Å². The minimum atomic E-state index is -4.79. The molecule has 358 valence electrons. The Hall–Kier alpha value is -4.94. The van der Waals surface area contributed by atoms with Crippen molar-refractivity contribution in [2.45, 2.75) is 124 Å². The monoisotopic (exact) mass is 933 g/mol. The predicted molar refractivity (Wildman–Crippen MR) is 212 cm³/mol. The highest BCUT2D eigenvalue weighted by Gasteiger charge is 2.50. The fraction of sp³-hybridized carbons (Fsp3) is 0.649. The number of ketones is 1. The number of carbonyl (C=O) groups excluding carboxylic acids is 7. The van der Waals surface area contributed by atoms with E-state index in [1.165, 1.54) is 6.92 Å². The minimum absolute atomic E-state index is 0.407. The molecule has 0 bridgehead atoms. The number of aliphatic hydroxyl groups is 8. The zero-order chi connectivity index (χ0) is 48.3. The molecule has 3 aliphatic rings. The first-order chi connectivity index (χ1) is 29.6. The van der Waals surface area contributed by atoms with E-state index in [2.05, 4.69) is 10.6 Å². The van der Waals surface area contributed by atoms with Gasteiger partial charge in [-0.3, -0.25) is 38.1 Å². The fourth-order valence-corrected chi connectivity index (χ4v) is 8.51. The first-order valence-electron chi connectivity index (χ1n) is 19.9. The van der Waals surface area contributed by atoms with E-state index in [0.717, 1.165) is 30.0 Å². The number of phenolic OH excluding ortho intramolecular Hbond substituents is 1. The van der Waals surface area contributed by atoms with Gasteiger partial charge in [-0.2, -0.15) is 8.42 Å². The van der Waals surface area contributed by atoms with Gasteiger partial charge in [0.05, 0.1) is 54.9 Å². The lowest BCUT2D eigenvalue weighted by atomic mass is 9.86. The molecule has 64 heavy (non-hydrogen) atoms. The Labute approximate surface area is 364 Å². The van der Waals surface area contributed by atoms with E-state index in [1.807, 2.05) is 5.32 Å². The number of aliphatic hydroxyl groups excluding tert-OH is 8. The Balaban J connectivity index is 1.88. The molecule has 0 radical (unpaired) electrons. The van der Waals surface area contributed by atoms with Crippen molar-refractivity contribution in [3.63, 3.8) is 0 Å². The summed E-state index contributed by atoms with van der Waals surface area (Å²) >= 11 is 0. The number of benzene rings is 1. The van der Waals surface area contributed by atoms with Crippen LogP contribution in [0, 0.1) is 11.8 Å². The van der Waals surface area contributed by atoms with Crippen LogP contribution in [0.4, 0.5) is 0 Å².